The molecule has 0 atom stereocenters. The van der Waals surface area contributed by atoms with E-state index in [1.165, 1.54) is 0 Å². The Morgan fingerprint density at radius 2 is 2.07 bits per heavy atom. The summed E-state index contributed by atoms with van der Waals surface area (Å²) in [5, 5.41) is 0. The molecule has 76 valence electrons. The SMILES string of the molecule is C/C=C\c1ccccc1C1=NC(=O)CC1. The van der Waals surface area contributed by atoms with Crippen molar-refractivity contribution in [3.63, 3.8) is 0 Å². The first-order valence-corrected chi connectivity index (χ1v) is 5.14. The molecule has 1 aliphatic heterocycles. The van der Waals surface area contributed by atoms with E-state index in [0.717, 1.165) is 23.3 Å². The van der Waals surface area contributed by atoms with E-state index in [1.807, 2.05) is 43.3 Å². The Kier molecular flexibility index (Phi) is 2.77. The third-order valence-corrected chi connectivity index (χ3v) is 2.45. The van der Waals surface area contributed by atoms with E-state index in [4.69, 9.17) is 0 Å². The summed E-state index contributed by atoms with van der Waals surface area (Å²) in [4.78, 5) is 15.1. The van der Waals surface area contributed by atoms with Crippen molar-refractivity contribution in [3.05, 3.63) is 41.5 Å². The zero-order valence-corrected chi connectivity index (χ0v) is 8.73. The van der Waals surface area contributed by atoms with Crippen molar-refractivity contribution in [2.75, 3.05) is 0 Å². The fourth-order valence-corrected chi connectivity index (χ4v) is 1.77. The van der Waals surface area contributed by atoms with E-state index in [9.17, 15) is 4.79 Å². The number of amides is 1. The maximum Gasteiger partial charge on any atom is 0.246 e. The molecule has 1 aromatic carbocycles. The fraction of sp³-hybridized carbons (Fsp3) is 0.231. The first kappa shape index (κ1) is 9.84. The number of carbonyl (C=O) groups is 1. The molecule has 0 unspecified atom stereocenters. The van der Waals surface area contributed by atoms with Crippen LogP contribution in [-0.4, -0.2) is 11.6 Å². The number of aliphatic imine (C=N–C) groups is 1. The van der Waals surface area contributed by atoms with E-state index < -0.39 is 0 Å². The fourth-order valence-electron chi connectivity index (χ4n) is 1.77. The lowest BCUT2D eigenvalue weighted by Crippen LogP contribution is -1.98. The van der Waals surface area contributed by atoms with Crippen LogP contribution in [0.3, 0.4) is 0 Å². The zero-order chi connectivity index (χ0) is 10.7. The van der Waals surface area contributed by atoms with Crippen molar-refractivity contribution in [1.29, 1.82) is 0 Å². The third kappa shape index (κ3) is 2.04. The van der Waals surface area contributed by atoms with E-state index in [-0.39, 0.29) is 5.91 Å². The molecule has 0 bridgehead atoms. The van der Waals surface area contributed by atoms with Gasteiger partial charge in [0.2, 0.25) is 5.91 Å². The summed E-state index contributed by atoms with van der Waals surface area (Å²) in [6.07, 6.45) is 5.36. The molecule has 1 amide bonds. The molecule has 2 heteroatoms. The largest absolute Gasteiger partial charge is 0.273 e. The van der Waals surface area contributed by atoms with Crippen LogP contribution in [0.4, 0.5) is 0 Å². The minimum atomic E-state index is 0.000260. The highest BCUT2D eigenvalue weighted by Gasteiger charge is 2.16. The number of allylic oxidation sites excluding steroid dienone is 1. The summed E-state index contributed by atoms with van der Waals surface area (Å²) in [5.74, 6) is 0.000260. The van der Waals surface area contributed by atoms with Crippen LogP contribution < -0.4 is 0 Å². The van der Waals surface area contributed by atoms with Crippen LogP contribution in [0.2, 0.25) is 0 Å². The standard InChI is InChI=1S/C13H13NO/c1-2-5-10-6-3-4-7-11(10)12-8-9-13(15)14-12/h2-7H,8-9H2,1H3/b5-2-. The summed E-state index contributed by atoms with van der Waals surface area (Å²) in [7, 11) is 0. The van der Waals surface area contributed by atoms with Gasteiger partial charge in [-0.1, -0.05) is 36.4 Å². The lowest BCUT2D eigenvalue weighted by molar-refractivity contribution is -0.117. The zero-order valence-electron chi connectivity index (χ0n) is 8.73. The summed E-state index contributed by atoms with van der Waals surface area (Å²) in [6, 6.07) is 8.04. The number of hydrogen-bond acceptors (Lipinski definition) is 1. The molecule has 0 saturated carbocycles. The molecule has 15 heavy (non-hydrogen) atoms. The molecule has 0 aromatic heterocycles. The van der Waals surface area contributed by atoms with Gasteiger partial charge in [0, 0.05) is 12.0 Å². The van der Waals surface area contributed by atoms with Gasteiger partial charge in [0.05, 0.1) is 5.71 Å². The smallest absolute Gasteiger partial charge is 0.246 e. The van der Waals surface area contributed by atoms with Crippen molar-refractivity contribution in [3.8, 4) is 0 Å². The molecule has 0 N–H and O–H groups in total. The van der Waals surface area contributed by atoms with Gasteiger partial charge in [-0.2, -0.15) is 0 Å². The molecule has 0 fully saturated rings. The Labute approximate surface area is 89.3 Å². The molecule has 0 spiro atoms. The molecule has 1 aliphatic rings. The molecule has 1 heterocycles. The van der Waals surface area contributed by atoms with Crippen LogP contribution in [0, 0.1) is 0 Å². The molecule has 2 nitrogen and oxygen atoms in total. The first-order chi connectivity index (χ1) is 7.31. The molecular formula is C13H13NO. The van der Waals surface area contributed by atoms with Crippen LogP contribution >= 0.6 is 0 Å². The number of benzene rings is 1. The van der Waals surface area contributed by atoms with Gasteiger partial charge >= 0.3 is 0 Å². The summed E-state index contributed by atoms with van der Waals surface area (Å²) < 4.78 is 0. The predicted octanol–water partition coefficient (Wildman–Crippen LogP) is 2.83. The number of nitrogens with zero attached hydrogens (tertiary/aromatic N) is 1. The van der Waals surface area contributed by atoms with E-state index in [2.05, 4.69) is 4.99 Å². The minimum Gasteiger partial charge on any atom is -0.273 e. The Morgan fingerprint density at radius 3 is 2.73 bits per heavy atom. The maximum absolute atomic E-state index is 11.1. The molecular weight excluding hydrogens is 186 g/mol. The van der Waals surface area contributed by atoms with Crippen LogP contribution in [0.25, 0.3) is 6.08 Å². The van der Waals surface area contributed by atoms with Crippen molar-refractivity contribution in [1.82, 2.24) is 0 Å². The van der Waals surface area contributed by atoms with Crippen molar-refractivity contribution in [2.24, 2.45) is 4.99 Å². The van der Waals surface area contributed by atoms with Crippen molar-refractivity contribution in [2.45, 2.75) is 19.8 Å². The van der Waals surface area contributed by atoms with Gasteiger partial charge in [-0.3, -0.25) is 4.79 Å². The Balaban J connectivity index is 2.43. The first-order valence-electron chi connectivity index (χ1n) is 5.14. The summed E-state index contributed by atoms with van der Waals surface area (Å²) >= 11 is 0. The summed E-state index contributed by atoms with van der Waals surface area (Å²) in [6.45, 7) is 1.98. The molecule has 0 aliphatic carbocycles. The van der Waals surface area contributed by atoms with Crippen LogP contribution in [-0.2, 0) is 4.79 Å². The van der Waals surface area contributed by atoms with Crippen LogP contribution in [0.5, 0.6) is 0 Å². The normalized spacial score (nSPS) is 16.1. The van der Waals surface area contributed by atoms with Gasteiger partial charge < -0.3 is 0 Å². The third-order valence-electron chi connectivity index (χ3n) is 2.45. The predicted molar refractivity (Wildman–Crippen MR) is 61.9 cm³/mol. The van der Waals surface area contributed by atoms with Crippen LogP contribution in [0.15, 0.2) is 35.3 Å². The minimum absolute atomic E-state index is 0.000260. The van der Waals surface area contributed by atoms with Crippen LogP contribution in [0.1, 0.15) is 30.9 Å². The second-order valence-corrected chi connectivity index (χ2v) is 3.54. The Morgan fingerprint density at radius 1 is 1.27 bits per heavy atom. The van der Waals surface area contributed by atoms with Crippen molar-refractivity contribution >= 4 is 17.7 Å². The highest BCUT2D eigenvalue weighted by Crippen LogP contribution is 2.18. The maximum atomic E-state index is 11.1. The van der Waals surface area contributed by atoms with Gasteiger partial charge in [-0.15, -0.1) is 0 Å². The van der Waals surface area contributed by atoms with Gasteiger partial charge in [-0.05, 0) is 18.9 Å². The van der Waals surface area contributed by atoms with Crippen molar-refractivity contribution < 1.29 is 4.79 Å². The monoisotopic (exact) mass is 199 g/mol. The second-order valence-electron chi connectivity index (χ2n) is 3.54. The Bertz CT molecular complexity index is 444. The second kappa shape index (κ2) is 4.22. The van der Waals surface area contributed by atoms with E-state index in [0.29, 0.717) is 6.42 Å². The lowest BCUT2D eigenvalue weighted by atomic mass is 10.0. The van der Waals surface area contributed by atoms with Gasteiger partial charge in [0.25, 0.3) is 0 Å². The van der Waals surface area contributed by atoms with Gasteiger partial charge in [0.15, 0.2) is 0 Å². The Hall–Kier alpha value is -1.70. The average Bonchev–Trinajstić information content (AvgIpc) is 2.66. The van der Waals surface area contributed by atoms with Gasteiger partial charge in [-0.25, -0.2) is 4.99 Å². The van der Waals surface area contributed by atoms with E-state index >= 15 is 0 Å². The topological polar surface area (TPSA) is 29.4 Å². The molecule has 2 rings (SSSR count). The highest BCUT2D eigenvalue weighted by atomic mass is 16.1. The number of carbonyl (C=O) groups excluding carboxylic acids is 1. The molecule has 0 saturated heterocycles. The number of hydrogen-bond donors (Lipinski definition) is 0. The molecule has 0 radical (unpaired) electrons. The highest BCUT2D eigenvalue weighted by molar-refractivity contribution is 6.12. The number of rotatable bonds is 2. The van der Waals surface area contributed by atoms with E-state index in [1.54, 1.807) is 0 Å². The summed E-state index contributed by atoms with van der Waals surface area (Å²) in [5.41, 5.74) is 3.14. The average molecular weight is 199 g/mol. The lowest BCUT2D eigenvalue weighted by Gasteiger charge is -2.04. The molecule has 1 aromatic rings. The van der Waals surface area contributed by atoms with Gasteiger partial charge in [0.1, 0.15) is 0 Å². The quantitative estimate of drug-likeness (QED) is 0.720.